The van der Waals surface area contributed by atoms with E-state index in [1.165, 1.54) is 7.11 Å². The summed E-state index contributed by atoms with van der Waals surface area (Å²) < 4.78 is 27.8. The fourth-order valence-electron chi connectivity index (χ4n) is 1.93. The van der Waals surface area contributed by atoms with E-state index in [1.807, 2.05) is 0 Å². The highest BCUT2D eigenvalue weighted by Crippen LogP contribution is 2.19. The van der Waals surface area contributed by atoms with Gasteiger partial charge in [0.1, 0.15) is 5.75 Å². The molecule has 0 radical (unpaired) electrons. The quantitative estimate of drug-likeness (QED) is 0.840. The number of nitrogens with one attached hydrogen (secondary N) is 1. The first-order valence-electron chi connectivity index (χ1n) is 5.71. The normalized spacial score (nSPS) is 24.9. The summed E-state index contributed by atoms with van der Waals surface area (Å²) in [5, 5.41) is 2.07. The molecule has 19 heavy (non-hydrogen) atoms. The van der Waals surface area contributed by atoms with Gasteiger partial charge in [-0.25, -0.2) is 8.42 Å². The zero-order valence-electron chi connectivity index (χ0n) is 10.3. The molecule has 0 bridgehead atoms. The average Bonchev–Trinajstić information content (AvgIpc) is 2.62. The van der Waals surface area contributed by atoms with Crippen molar-refractivity contribution in [3.05, 3.63) is 29.8 Å². The second-order valence-electron chi connectivity index (χ2n) is 4.40. The maximum absolute atomic E-state index is 12.0. The molecule has 0 aliphatic carbocycles. The van der Waals surface area contributed by atoms with Crippen molar-refractivity contribution in [3.63, 3.8) is 0 Å². The zero-order chi connectivity index (χ0) is 14.0. The summed E-state index contributed by atoms with van der Waals surface area (Å²) in [6.07, 6.45) is 0. The molecule has 2 atom stereocenters. The fraction of sp³-hybridized carbons (Fsp3) is 0.417. The van der Waals surface area contributed by atoms with E-state index in [9.17, 15) is 13.2 Å². The molecule has 2 rings (SSSR count). The van der Waals surface area contributed by atoms with Crippen LogP contribution >= 0.6 is 11.6 Å². The molecular formula is C12H14ClNO4S. The fourth-order valence-corrected chi connectivity index (χ4v) is 4.48. The number of carbonyl (C=O) groups excluding carboxylic acids is 1. The van der Waals surface area contributed by atoms with E-state index in [2.05, 4.69) is 5.32 Å². The summed E-state index contributed by atoms with van der Waals surface area (Å²) >= 11 is 5.93. The highest BCUT2D eigenvalue weighted by atomic mass is 35.5. The van der Waals surface area contributed by atoms with E-state index in [4.69, 9.17) is 16.3 Å². The summed E-state index contributed by atoms with van der Waals surface area (Å²) in [4.78, 5) is 12.0. The molecule has 1 aromatic rings. The minimum absolute atomic E-state index is 0.0951. The third kappa shape index (κ3) is 3.39. The largest absolute Gasteiger partial charge is 0.497 e. The van der Waals surface area contributed by atoms with Gasteiger partial charge in [-0.1, -0.05) is 0 Å². The average molecular weight is 304 g/mol. The number of amides is 1. The second kappa shape index (κ2) is 5.38. The van der Waals surface area contributed by atoms with Crippen LogP contribution in [0.5, 0.6) is 5.75 Å². The Balaban J connectivity index is 2.05. The molecule has 2 unspecified atom stereocenters. The minimum Gasteiger partial charge on any atom is -0.497 e. The molecule has 1 heterocycles. The molecule has 0 aromatic heterocycles. The van der Waals surface area contributed by atoms with Gasteiger partial charge in [0, 0.05) is 5.56 Å². The second-order valence-corrected chi connectivity index (χ2v) is 7.12. The molecule has 0 saturated carbocycles. The number of carbonyl (C=O) groups is 1. The van der Waals surface area contributed by atoms with Crippen LogP contribution in [0.1, 0.15) is 10.4 Å². The van der Waals surface area contributed by atoms with Crippen LogP contribution in [0.4, 0.5) is 0 Å². The smallest absolute Gasteiger partial charge is 0.251 e. The van der Waals surface area contributed by atoms with Crippen LogP contribution in [0, 0.1) is 0 Å². The SMILES string of the molecule is COc1ccc(C(=O)NC2CS(=O)(=O)CC2Cl)cc1. The van der Waals surface area contributed by atoms with Gasteiger partial charge in [0.05, 0.1) is 30.0 Å². The lowest BCUT2D eigenvalue weighted by Crippen LogP contribution is -2.40. The van der Waals surface area contributed by atoms with Crippen molar-refractivity contribution in [3.8, 4) is 5.75 Å². The van der Waals surface area contributed by atoms with Crippen LogP contribution in [0.15, 0.2) is 24.3 Å². The highest BCUT2D eigenvalue weighted by molar-refractivity contribution is 7.91. The van der Waals surface area contributed by atoms with Crippen LogP contribution < -0.4 is 10.1 Å². The summed E-state index contributed by atoms with van der Waals surface area (Å²) in [6, 6.07) is 6.01. The Hall–Kier alpha value is -1.27. The van der Waals surface area contributed by atoms with E-state index in [-0.39, 0.29) is 17.4 Å². The molecule has 5 nitrogen and oxygen atoms in total. The number of hydrogen-bond donors (Lipinski definition) is 1. The summed E-state index contributed by atoms with van der Waals surface area (Å²) in [6.45, 7) is 0. The van der Waals surface area contributed by atoms with E-state index in [0.29, 0.717) is 11.3 Å². The molecular weight excluding hydrogens is 290 g/mol. The number of rotatable bonds is 3. The Kier molecular flexibility index (Phi) is 4.01. The summed E-state index contributed by atoms with van der Waals surface area (Å²) in [7, 11) is -1.61. The Morgan fingerprint density at radius 3 is 2.42 bits per heavy atom. The van der Waals surface area contributed by atoms with Crippen LogP contribution in [-0.2, 0) is 9.84 Å². The van der Waals surface area contributed by atoms with Crippen molar-refractivity contribution in [2.75, 3.05) is 18.6 Å². The van der Waals surface area contributed by atoms with Crippen molar-refractivity contribution in [1.29, 1.82) is 0 Å². The van der Waals surface area contributed by atoms with Crippen LogP contribution in [0.3, 0.4) is 0 Å². The molecule has 1 N–H and O–H groups in total. The van der Waals surface area contributed by atoms with E-state index >= 15 is 0 Å². The molecule has 0 spiro atoms. The van der Waals surface area contributed by atoms with Crippen LogP contribution in [0.25, 0.3) is 0 Å². The molecule has 1 amide bonds. The minimum atomic E-state index is -3.15. The van der Waals surface area contributed by atoms with Crippen molar-refractivity contribution < 1.29 is 17.9 Å². The molecule has 1 aliphatic heterocycles. The Bertz CT molecular complexity index is 570. The third-order valence-electron chi connectivity index (χ3n) is 2.95. The van der Waals surface area contributed by atoms with Crippen molar-refractivity contribution in [2.45, 2.75) is 11.4 Å². The number of benzene rings is 1. The van der Waals surface area contributed by atoms with Gasteiger partial charge in [0.2, 0.25) is 0 Å². The molecule has 1 saturated heterocycles. The first kappa shape index (κ1) is 14.1. The molecule has 1 aromatic carbocycles. The summed E-state index contributed by atoms with van der Waals surface area (Å²) in [5.41, 5.74) is 0.439. The van der Waals surface area contributed by atoms with Gasteiger partial charge < -0.3 is 10.1 Å². The number of methoxy groups -OCH3 is 1. The van der Waals surface area contributed by atoms with Crippen LogP contribution in [0.2, 0.25) is 0 Å². The monoisotopic (exact) mass is 303 g/mol. The van der Waals surface area contributed by atoms with Gasteiger partial charge >= 0.3 is 0 Å². The maximum Gasteiger partial charge on any atom is 0.251 e. The van der Waals surface area contributed by atoms with Crippen molar-refractivity contribution in [1.82, 2.24) is 5.32 Å². The highest BCUT2D eigenvalue weighted by Gasteiger charge is 2.37. The van der Waals surface area contributed by atoms with Gasteiger partial charge in [-0.2, -0.15) is 0 Å². The lowest BCUT2D eigenvalue weighted by Gasteiger charge is -2.14. The number of hydrogen-bond acceptors (Lipinski definition) is 4. The van der Waals surface area contributed by atoms with Gasteiger partial charge in [-0.05, 0) is 24.3 Å². The maximum atomic E-state index is 12.0. The van der Waals surface area contributed by atoms with E-state index in [1.54, 1.807) is 24.3 Å². The standard InChI is InChI=1S/C12H14ClNO4S/c1-18-9-4-2-8(3-5-9)12(15)14-11-7-19(16,17)6-10(11)13/h2-5,10-11H,6-7H2,1H3,(H,14,15). The Morgan fingerprint density at radius 1 is 1.32 bits per heavy atom. The lowest BCUT2D eigenvalue weighted by molar-refractivity contribution is 0.0941. The molecule has 104 valence electrons. The predicted molar refractivity (Wildman–Crippen MR) is 72.5 cm³/mol. The lowest BCUT2D eigenvalue weighted by atomic mass is 10.2. The number of alkyl halides is 1. The number of ether oxygens (including phenoxy) is 1. The topological polar surface area (TPSA) is 72.5 Å². The zero-order valence-corrected chi connectivity index (χ0v) is 11.9. The van der Waals surface area contributed by atoms with Crippen molar-refractivity contribution in [2.24, 2.45) is 0 Å². The van der Waals surface area contributed by atoms with E-state index in [0.717, 1.165) is 0 Å². The van der Waals surface area contributed by atoms with Gasteiger partial charge in [-0.15, -0.1) is 11.6 Å². The van der Waals surface area contributed by atoms with Gasteiger partial charge in [0.25, 0.3) is 5.91 Å². The number of halogens is 1. The molecule has 7 heteroatoms. The van der Waals surface area contributed by atoms with Crippen molar-refractivity contribution >= 4 is 27.3 Å². The molecule has 1 aliphatic rings. The Morgan fingerprint density at radius 2 is 1.95 bits per heavy atom. The van der Waals surface area contributed by atoms with Gasteiger partial charge in [-0.3, -0.25) is 4.79 Å². The van der Waals surface area contributed by atoms with Crippen LogP contribution in [-0.4, -0.2) is 44.4 Å². The van der Waals surface area contributed by atoms with E-state index < -0.39 is 21.3 Å². The predicted octanol–water partition coefficient (Wildman–Crippen LogP) is 0.829. The number of sulfone groups is 1. The van der Waals surface area contributed by atoms with Gasteiger partial charge in [0.15, 0.2) is 9.84 Å². The first-order chi connectivity index (χ1) is 8.91. The molecule has 1 fully saturated rings. The Labute approximate surface area is 116 Å². The summed E-state index contributed by atoms with van der Waals surface area (Å²) in [5.74, 6) is 0.108. The third-order valence-corrected chi connectivity index (χ3v) is 5.33. The first-order valence-corrected chi connectivity index (χ1v) is 7.96.